The summed E-state index contributed by atoms with van der Waals surface area (Å²) in [6, 6.07) is 4.84. The van der Waals surface area contributed by atoms with E-state index in [1.165, 1.54) is 5.00 Å². The van der Waals surface area contributed by atoms with Crippen molar-refractivity contribution in [2.24, 2.45) is 10.9 Å². The second-order valence-electron chi connectivity index (χ2n) is 7.34. The number of hydrogen-bond acceptors (Lipinski definition) is 5. The van der Waals surface area contributed by atoms with E-state index in [1.807, 2.05) is 18.4 Å². The van der Waals surface area contributed by atoms with Gasteiger partial charge in [0.15, 0.2) is 5.96 Å². The number of halogens is 1. The minimum atomic E-state index is 0. The first-order valence-corrected chi connectivity index (χ1v) is 11.1. The Balaban J connectivity index is 0.00000280. The number of nitrogens with one attached hydrogen (secondary N) is 2. The third-order valence-corrected chi connectivity index (χ3v) is 6.26. The molecule has 0 spiro atoms. The Morgan fingerprint density at radius 1 is 1.29 bits per heavy atom. The van der Waals surface area contributed by atoms with Crippen molar-refractivity contribution >= 4 is 46.3 Å². The third kappa shape index (κ3) is 8.04. The molecule has 0 unspecified atom stereocenters. The van der Waals surface area contributed by atoms with Crippen LogP contribution in [0.5, 0.6) is 0 Å². The number of ether oxygens (including phenoxy) is 2. The number of anilines is 1. The monoisotopic (exact) mass is 522 g/mol. The van der Waals surface area contributed by atoms with Gasteiger partial charge in [0.25, 0.3) is 0 Å². The summed E-state index contributed by atoms with van der Waals surface area (Å²) >= 11 is 1.83. The first kappa shape index (κ1) is 23.7. The van der Waals surface area contributed by atoms with Gasteiger partial charge in [-0.1, -0.05) is 0 Å². The largest absolute Gasteiger partial charge is 0.381 e. The van der Waals surface area contributed by atoms with E-state index in [-0.39, 0.29) is 24.0 Å². The zero-order chi connectivity index (χ0) is 18.7. The molecule has 0 atom stereocenters. The number of piperidine rings is 1. The molecular weight excluding hydrogens is 487 g/mol. The summed E-state index contributed by atoms with van der Waals surface area (Å²) in [6.07, 6.45) is 5.57. The SMILES string of the molecule is CN=C(NCCCOCC1CCOCC1)NC1CCN(c2cccs2)CC1.I. The lowest BCUT2D eigenvalue weighted by molar-refractivity contribution is 0.0203. The van der Waals surface area contributed by atoms with Gasteiger partial charge in [0.05, 0.1) is 5.00 Å². The van der Waals surface area contributed by atoms with Crippen LogP contribution in [-0.4, -0.2) is 65.1 Å². The van der Waals surface area contributed by atoms with Crippen molar-refractivity contribution in [2.75, 3.05) is 58.0 Å². The number of hydrogen-bond donors (Lipinski definition) is 2. The lowest BCUT2D eigenvalue weighted by Gasteiger charge is -2.33. The smallest absolute Gasteiger partial charge is 0.191 e. The van der Waals surface area contributed by atoms with Crippen molar-refractivity contribution in [1.29, 1.82) is 0 Å². The highest BCUT2D eigenvalue weighted by Crippen LogP contribution is 2.24. The second-order valence-corrected chi connectivity index (χ2v) is 8.27. The van der Waals surface area contributed by atoms with Crippen LogP contribution in [-0.2, 0) is 9.47 Å². The molecule has 2 saturated heterocycles. The lowest BCUT2D eigenvalue weighted by Crippen LogP contribution is -2.48. The molecule has 1 aromatic heterocycles. The van der Waals surface area contributed by atoms with Crippen LogP contribution in [0.2, 0.25) is 0 Å². The van der Waals surface area contributed by atoms with Crippen molar-refractivity contribution in [3.05, 3.63) is 17.5 Å². The maximum Gasteiger partial charge on any atom is 0.191 e. The molecule has 2 fully saturated rings. The highest BCUT2D eigenvalue weighted by atomic mass is 127. The summed E-state index contributed by atoms with van der Waals surface area (Å²) < 4.78 is 11.2. The summed E-state index contributed by atoms with van der Waals surface area (Å²) in [5, 5.41) is 10.5. The fourth-order valence-electron chi connectivity index (χ4n) is 3.63. The molecule has 0 amide bonds. The Morgan fingerprint density at radius 3 is 2.75 bits per heavy atom. The quantitative estimate of drug-likeness (QED) is 0.238. The molecule has 0 aromatic carbocycles. The van der Waals surface area contributed by atoms with Crippen LogP contribution in [0.1, 0.15) is 32.1 Å². The van der Waals surface area contributed by atoms with Gasteiger partial charge < -0.3 is 25.0 Å². The van der Waals surface area contributed by atoms with Crippen LogP contribution < -0.4 is 15.5 Å². The Kier molecular flexibility index (Phi) is 11.5. The molecule has 0 bridgehead atoms. The first-order valence-electron chi connectivity index (χ1n) is 10.3. The fourth-order valence-corrected chi connectivity index (χ4v) is 4.41. The molecule has 3 rings (SSSR count). The van der Waals surface area contributed by atoms with Gasteiger partial charge in [0.2, 0.25) is 0 Å². The summed E-state index contributed by atoms with van der Waals surface area (Å²) in [6.45, 7) is 6.57. The van der Waals surface area contributed by atoms with Crippen molar-refractivity contribution in [1.82, 2.24) is 10.6 Å². The fraction of sp³-hybridized carbons (Fsp3) is 0.750. The minimum Gasteiger partial charge on any atom is -0.381 e. The number of guanidine groups is 1. The predicted octanol–water partition coefficient (Wildman–Crippen LogP) is 3.33. The standard InChI is InChI=1S/C20H34N4O2S.HI/c1-21-20(22-9-3-12-26-16-17-7-13-25-14-8-17)23-18-5-10-24(11-6-18)19-4-2-15-27-19;/h2,4,15,17-18H,3,5-14,16H2,1H3,(H2,21,22,23);1H. The van der Waals surface area contributed by atoms with Crippen molar-refractivity contribution in [2.45, 2.75) is 38.1 Å². The summed E-state index contributed by atoms with van der Waals surface area (Å²) in [7, 11) is 1.84. The maximum atomic E-state index is 5.83. The molecule has 3 heterocycles. The predicted molar refractivity (Wildman–Crippen MR) is 128 cm³/mol. The van der Waals surface area contributed by atoms with E-state index in [0.717, 1.165) is 84.1 Å². The Labute approximate surface area is 190 Å². The maximum absolute atomic E-state index is 5.83. The van der Waals surface area contributed by atoms with Gasteiger partial charge in [-0.3, -0.25) is 4.99 Å². The van der Waals surface area contributed by atoms with Crippen molar-refractivity contribution < 1.29 is 9.47 Å². The molecule has 1 aromatic rings. The van der Waals surface area contributed by atoms with Gasteiger partial charge in [0.1, 0.15) is 0 Å². The molecule has 2 aliphatic heterocycles. The normalized spacial score (nSPS) is 19.3. The topological polar surface area (TPSA) is 58.1 Å². The molecule has 2 aliphatic rings. The van der Waals surface area contributed by atoms with Crippen LogP contribution in [0.3, 0.4) is 0 Å². The minimum absolute atomic E-state index is 0. The van der Waals surface area contributed by atoms with E-state index in [0.29, 0.717) is 12.0 Å². The Morgan fingerprint density at radius 2 is 2.07 bits per heavy atom. The zero-order valence-corrected chi connectivity index (χ0v) is 20.0. The summed E-state index contributed by atoms with van der Waals surface area (Å²) in [4.78, 5) is 6.85. The van der Waals surface area contributed by atoms with Crippen LogP contribution in [0.15, 0.2) is 22.5 Å². The van der Waals surface area contributed by atoms with E-state index in [2.05, 4.69) is 38.0 Å². The second kappa shape index (κ2) is 13.6. The van der Waals surface area contributed by atoms with Crippen LogP contribution in [0, 0.1) is 5.92 Å². The summed E-state index contributed by atoms with van der Waals surface area (Å²) in [5.41, 5.74) is 0. The third-order valence-electron chi connectivity index (χ3n) is 5.33. The van der Waals surface area contributed by atoms with Gasteiger partial charge in [-0.05, 0) is 55.5 Å². The highest BCUT2D eigenvalue weighted by molar-refractivity contribution is 14.0. The molecule has 28 heavy (non-hydrogen) atoms. The Bertz CT molecular complexity index is 544. The number of nitrogens with zero attached hydrogens (tertiary/aromatic N) is 2. The average molecular weight is 522 g/mol. The van der Waals surface area contributed by atoms with Gasteiger partial charge in [-0.15, -0.1) is 35.3 Å². The van der Waals surface area contributed by atoms with Gasteiger partial charge in [-0.2, -0.15) is 0 Å². The van der Waals surface area contributed by atoms with Crippen LogP contribution in [0.25, 0.3) is 0 Å². The molecule has 2 N–H and O–H groups in total. The van der Waals surface area contributed by atoms with Crippen molar-refractivity contribution in [3.8, 4) is 0 Å². The highest BCUT2D eigenvalue weighted by Gasteiger charge is 2.20. The van der Waals surface area contributed by atoms with Crippen LogP contribution in [0.4, 0.5) is 5.00 Å². The van der Waals surface area contributed by atoms with E-state index in [4.69, 9.17) is 9.47 Å². The number of thiophene rings is 1. The Hall–Kier alpha value is -0.580. The molecule has 0 radical (unpaired) electrons. The molecular formula is C20H35IN4O2S. The van der Waals surface area contributed by atoms with E-state index in [1.54, 1.807) is 0 Å². The van der Waals surface area contributed by atoms with Gasteiger partial charge in [-0.25, -0.2) is 0 Å². The number of aliphatic imine (C=N–C) groups is 1. The molecule has 0 saturated carbocycles. The molecule has 160 valence electrons. The molecule has 6 nitrogen and oxygen atoms in total. The van der Waals surface area contributed by atoms with Gasteiger partial charge >= 0.3 is 0 Å². The first-order chi connectivity index (χ1) is 13.3. The zero-order valence-electron chi connectivity index (χ0n) is 16.9. The molecule has 8 heteroatoms. The number of rotatable bonds is 8. The summed E-state index contributed by atoms with van der Waals surface area (Å²) in [5.74, 6) is 1.59. The lowest BCUT2D eigenvalue weighted by atomic mass is 10.0. The van der Waals surface area contributed by atoms with Gasteiger partial charge in [0, 0.05) is 59.2 Å². The average Bonchev–Trinajstić information content (AvgIpc) is 3.26. The van der Waals surface area contributed by atoms with E-state index >= 15 is 0 Å². The van der Waals surface area contributed by atoms with E-state index < -0.39 is 0 Å². The molecule has 0 aliphatic carbocycles. The van der Waals surface area contributed by atoms with Crippen molar-refractivity contribution in [3.63, 3.8) is 0 Å². The van der Waals surface area contributed by atoms with E-state index in [9.17, 15) is 0 Å². The van der Waals surface area contributed by atoms with Crippen LogP contribution >= 0.6 is 35.3 Å².